The van der Waals surface area contributed by atoms with Crippen molar-refractivity contribution in [3.63, 3.8) is 0 Å². The second-order valence-corrected chi connectivity index (χ2v) is 4.87. The first-order valence-electron chi connectivity index (χ1n) is 5.59. The summed E-state index contributed by atoms with van der Waals surface area (Å²) in [5.74, 6) is 0. The van der Waals surface area contributed by atoms with E-state index in [0.717, 1.165) is 31.5 Å². The van der Waals surface area contributed by atoms with E-state index in [9.17, 15) is 4.79 Å². The molecular formula is C13H16ClNO. The van der Waals surface area contributed by atoms with Crippen molar-refractivity contribution in [3.05, 3.63) is 35.9 Å². The van der Waals surface area contributed by atoms with Crippen molar-refractivity contribution in [2.45, 2.75) is 18.3 Å². The Morgan fingerprint density at radius 1 is 1.25 bits per heavy atom. The lowest BCUT2D eigenvalue weighted by molar-refractivity contribution is -0.118. The smallest absolute Gasteiger partial charge is 0.232 e. The first-order chi connectivity index (χ1) is 7.65. The zero-order valence-corrected chi connectivity index (χ0v) is 10.2. The first kappa shape index (κ1) is 11.6. The van der Waals surface area contributed by atoms with E-state index in [0.29, 0.717) is 0 Å². The zero-order valence-electron chi connectivity index (χ0n) is 9.45. The molecule has 1 saturated heterocycles. The Kier molecular flexibility index (Phi) is 3.31. The van der Waals surface area contributed by atoms with Crippen LogP contribution in [0, 0.1) is 0 Å². The van der Waals surface area contributed by atoms with Crippen molar-refractivity contribution >= 4 is 16.8 Å². The van der Waals surface area contributed by atoms with Crippen molar-refractivity contribution in [3.8, 4) is 0 Å². The average Bonchev–Trinajstić information content (AvgIpc) is 2.31. The van der Waals surface area contributed by atoms with Gasteiger partial charge in [-0.1, -0.05) is 30.3 Å². The number of carbonyl (C=O) groups excluding carboxylic acids is 1. The highest BCUT2D eigenvalue weighted by Gasteiger charge is 2.41. The van der Waals surface area contributed by atoms with Gasteiger partial charge < -0.3 is 4.90 Å². The quantitative estimate of drug-likeness (QED) is 0.737. The van der Waals surface area contributed by atoms with Gasteiger partial charge in [-0.05, 0) is 50.1 Å². The van der Waals surface area contributed by atoms with Crippen LogP contribution in [0.25, 0.3) is 0 Å². The summed E-state index contributed by atoms with van der Waals surface area (Å²) in [6, 6.07) is 9.91. The molecule has 3 heteroatoms. The number of hydrogen-bond acceptors (Lipinski definition) is 2. The van der Waals surface area contributed by atoms with Crippen molar-refractivity contribution in [1.29, 1.82) is 0 Å². The number of carbonyl (C=O) groups is 1. The molecule has 16 heavy (non-hydrogen) atoms. The maximum absolute atomic E-state index is 11.8. The Morgan fingerprint density at radius 2 is 1.81 bits per heavy atom. The molecule has 86 valence electrons. The number of likely N-dealkylation sites (tertiary alicyclic amines) is 1. The molecule has 1 aliphatic rings. The highest BCUT2D eigenvalue weighted by molar-refractivity contribution is 6.65. The fourth-order valence-electron chi connectivity index (χ4n) is 2.36. The van der Waals surface area contributed by atoms with Gasteiger partial charge >= 0.3 is 0 Å². The maximum Gasteiger partial charge on any atom is 0.232 e. The van der Waals surface area contributed by atoms with E-state index in [-0.39, 0.29) is 5.24 Å². The lowest BCUT2D eigenvalue weighted by Gasteiger charge is -2.38. The van der Waals surface area contributed by atoms with Gasteiger partial charge in [-0.15, -0.1) is 0 Å². The number of nitrogens with zero attached hydrogens (tertiary/aromatic N) is 1. The molecule has 2 rings (SSSR count). The van der Waals surface area contributed by atoms with E-state index in [1.807, 2.05) is 30.3 Å². The molecule has 0 unspecified atom stereocenters. The van der Waals surface area contributed by atoms with Crippen molar-refractivity contribution < 1.29 is 4.79 Å². The van der Waals surface area contributed by atoms with Crippen LogP contribution in [0.3, 0.4) is 0 Å². The van der Waals surface area contributed by atoms with E-state index in [1.54, 1.807) is 0 Å². The number of benzene rings is 1. The Labute approximate surface area is 101 Å². The van der Waals surface area contributed by atoms with Crippen LogP contribution in [0.2, 0.25) is 0 Å². The third-order valence-corrected chi connectivity index (χ3v) is 3.90. The highest BCUT2D eigenvalue weighted by Crippen LogP contribution is 2.37. The van der Waals surface area contributed by atoms with Crippen molar-refractivity contribution in [2.75, 3.05) is 20.1 Å². The van der Waals surface area contributed by atoms with E-state index < -0.39 is 5.41 Å². The molecule has 0 aliphatic carbocycles. The van der Waals surface area contributed by atoms with Gasteiger partial charge in [0.25, 0.3) is 0 Å². The zero-order chi connectivity index (χ0) is 11.6. The fourth-order valence-corrected chi connectivity index (χ4v) is 2.65. The van der Waals surface area contributed by atoms with Crippen LogP contribution in [0.5, 0.6) is 0 Å². The highest BCUT2D eigenvalue weighted by atomic mass is 35.5. The minimum absolute atomic E-state index is 0.216. The van der Waals surface area contributed by atoms with E-state index in [4.69, 9.17) is 11.6 Å². The molecule has 1 heterocycles. The van der Waals surface area contributed by atoms with Gasteiger partial charge in [0.15, 0.2) is 0 Å². The Balaban J connectivity index is 2.34. The molecule has 0 bridgehead atoms. The fraction of sp³-hybridized carbons (Fsp3) is 0.462. The summed E-state index contributed by atoms with van der Waals surface area (Å²) in [5, 5.41) is -0.216. The molecule has 1 aromatic rings. The van der Waals surface area contributed by atoms with Crippen LogP contribution < -0.4 is 0 Å². The molecule has 0 spiro atoms. The predicted molar refractivity (Wildman–Crippen MR) is 65.7 cm³/mol. The van der Waals surface area contributed by atoms with E-state index >= 15 is 0 Å². The van der Waals surface area contributed by atoms with Crippen LogP contribution in [0.1, 0.15) is 18.4 Å². The largest absolute Gasteiger partial charge is 0.306 e. The molecule has 1 aromatic carbocycles. The number of hydrogen-bond donors (Lipinski definition) is 0. The van der Waals surface area contributed by atoms with Crippen LogP contribution >= 0.6 is 11.6 Å². The SMILES string of the molecule is CN1CCC(C(=O)Cl)(c2ccccc2)CC1. The monoisotopic (exact) mass is 237 g/mol. The van der Waals surface area contributed by atoms with Crippen molar-refractivity contribution in [1.82, 2.24) is 4.90 Å². The molecular weight excluding hydrogens is 222 g/mol. The third-order valence-electron chi connectivity index (χ3n) is 3.54. The average molecular weight is 238 g/mol. The lowest BCUT2D eigenvalue weighted by atomic mass is 9.74. The molecule has 0 saturated carbocycles. The second kappa shape index (κ2) is 4.56. The Hall–Kier alpha value is -0.860. The second-order valence-electron chi connectivity index (χ2n) is 4.53. The van der Waals surface area contributed by atoms with Crippen LogP contribution in [0.15, 0.2) is 30.3 Å². The van der Waals surface area contributed by atoms with Crippen LogP contribution in [0.4, 0.5) is 0 Å². The summed E-state index contributed by atoms with van der Waals surface area (Å²) in [6.07, 6.45) is 1.63. The molecule has 2 nitrogen and oxygen atoms in total. The molecule has 0 N–H and O–H groups in total. The number of halogens is 1. The summed E-state index contributed by atoms with van der Waals surface area (Å²) in [5.41, 5.74) is 0.595. The molecule has 0 radical (unpaired) electrons. The van der Waals surface area contributed by atoms with Gasteiger partial charge in [0.05, 0.1) is 5.41 Å². The third kappa shape index (κ3) is 2.00. The normalized spacial score (nSPS) is 20.6. The minimum atomic E-state index is -0.463. The van der Waals surface area contributed by atoms with Gasteiger partial charge in [-0.25, -0.2) is 0 Å². The molecule has 0 amide bonds. The topological polar surface area (TPSA) is 20.3 Å². The van der Waals surface area contributed by atoms with Gasteiger partial charge in [-0.3, -0.25) is 4.79 Å². The van der Waals surface area contributed by atoms with E-state index in [2.05, 4.69) is 11.9 Å². The van der Waals surface area contributed by atoms with Gasteiger partial charge in [0.1, 0.15) is 0 Å². The summed E-state index contributed by atoms with van der Waals surface area (Å²) >= 11 is 5.84. The van der Waals surface area contributed by atoms with E-state index in [1.165, 1.54) is 0 Å². The van der Waals surface area contributed by atoms with Crippen LogP contribution in [-0.2, 0) is 10.2 Å². The molecule has 0 aromatic heterocycles. The molecule has 1 aliphatic heterocycles. The maximum atomic E-state index is 11.8. The summed E-state index contributed by atoms with van der Waals surface area (Å²) in [7, 11) is 2.08. The minimum Gasteiger partial charge on any atom is -0.306 e. The molecule has 0 atom stereocenters. The predicted octanol–water partition coefficient (Wildman–Crippen LogP) is 2.42. The van der Waals surface area contributed by atoms with Gasteiger partial charge in [0.2, 0.25) is 5.24 Å². The molecule has 1 fully saturated rings. The standard InChI is InChI=1S/C13H16ClNO/c1-15-9-7-13(8-10-15,12(14)16)11-5-3-2-4-6-11/h2-6H,7-10H2,1H3. The van der Waals surface area contributed by atoms with Gasteiger partial charge in [-0.2, -0.15) is 0 Å². The van der Waals surface area contributed by atoms with Crippen LogP contribution in [-0.4, -0.2) is 30.3 Å². The van der Waals surface area contributed by atoms with Gasteiger partial charge in [0, 0.05) is 0 Å². The first-order valence-corrected chi connectivity index (χ1v) is 5.97. The summed E-state index contributed by atoms with van der Waals surface area (Å²) in [6.45, 7) is 1.85. The summed E-state index contributed by atoms with van der Waals surface area (Å²) < 4.78 is 0. The van der Waals surface area contributed by atoms with Crippen molar-refractivity contribution in [2.24, 2.45) is 0 Å². The summed E-state index contributed by atoms with van der Waals surface area (Å²) in [4.78, 5) is 14.0. The Bertz CT molecular complexity index is 369. The lowest BCUT2D eigenvalue weighted by Crippen LogP contribution is -2.44. The number of piperidine rings is 1. The number of rotatable bonds is 2. The Morgan fingerprint density at radius 3 is 2.31 bits per heavy atom.